The van der Waals surface area contributed by atoms with Crippen LogP contribution >= 0.6 is 0 Å². The van der Waals surface area contributed by atoms with Crippen molar-refractivity contribution >= 4 is 11.8 Å². The van der Waals surface area contributed by atoms with E-state index in [1.165, 1.54) is 7.11 Å². The molecule has 0 heterocycles. The number of methoxy groups -OCH3 is 1. The summed E-state index contributed by atoms with van der Waals surface area (Å²) in [4.78, 5) is 11.0. The van der Waals surface area contributed by atoms with Crippen LogP contribution in [-0.2, 0) is 4.74 Å². The summed E-state index contributed by atoms with van der Waals surface area (Å²) in [6.07, 6.45) is -1.08. The Morgan fingerprint density at radius 1 is 1.30 bits per heavy atom. The van der Waals surface area contributed by atoms with Crippen LogP contribution in [0.1, 0.15) is 13.8 Å². The molecule has 1 unspecified atom stereocenters. The largest absolute Gasteiger partial charge is 0.491 e. The van der Waals surface area contributed by atoms with Crippen LogP contribution in [0.2, 0.25) is 0 Å². The molecule has 1 rings (SSSR count). The summed E-state index contributed by atoms with van der Waals surface area (Å²) in [5.74, 6) is 0.629. The third-order valence-corrected chi connectivity index (χ3v) is 2.49. The number of amides is 1. The molecular formula is C14H22N2O4. The molecule has 0 aromatic heterocycles. The SMILES string of the molecule is COC(=O)Nc1ccc(OCC(O)CNC(C)C)cc1. The van der Waals surface area contributed by atoms with Crippen molar-refractivity contribution in [1.82, 2.24) is 5.32 Å². The number of aliphatic hydroxyl groups excluding tert-OH is 1. The molecule has 6 heteroatoms. The number of carbonyl (C=O) groups excluding carboxylic acids is 1. The van der Waals surface area contributed by atoms with E-state index in [1.807, 2.05) is 13.8 Å². The van der Waals surface area contributed by atoms with Crippen molar-refractivity contribution in [3.8, 4) is 5.75 Å². The molecule has 1 amide bonds. The molecule has 0 saturated carbocycles. The first-order chi connectivity index (χ1) is 9.51. The summed E-state index contributed by atoms with van der Waals surface area (Å²) < 4.78 is 9.94. The zero-order valence-corrected chi connectivity index (χ0v) is 12.1. The number of hydrogen-bond acceptors (Lipinski definition) is 5. The molecule has 6 nitrogen and oxygen atoms in total. The summed E-state index contributed by atoms with van der Waals surface area (Å²) >= 11 is 0. The Hall–Kier alpha value is -1.79. The van der Waals surface area contributed by atoms with Gasteiger partial charge in [-0.15, -0.1) is 0 Å². The van der Waals surface area contributed by atoms with Crippen molar-refractivity contribution in [2.45, 2.75) is 26.0 Å². The third-order valence-electron chi connectivity index (χ3n) is 2.49. The molecule has 1 atom stereocenters. The van der Waals surface area contributed by atoms with Gasteiger partial charge in [0.05, 0.1) is 7.11 Å². The molecule has 0 aliphatic rings. The summed E-state index contributed by atoms with van der Waals surface area (Å²) in [7, 11) is 1.30. The zero-order valence-electron chi connectivity index (χ0n) is 12.1. The van der Waals surface area contributed by atoms with Gasteiger partial charge in [0.1, 0.15) is 18.5 Å². The van der Waals surface area contributed by atoms with Crippen LogP contribution < -0.4 is 15.4 Å². The highest BCUT2D eigenvalue weighted by Gasteiger charge is 2.06. The monoisotopic (exact) mass is 282 g/mol. The second-order valence-corrected chi connectivity index (χ2v) is 4.67. The summed E-state index contributed by atoms with van der Waals surface area (Å²) in [6.45, 7) is 4.73. The number of nitrogens with one attached hydrogen (secondary N) is 2. The van der Waals surface area contributed by atoms with E-state index in [4.69, 9.17) is 4.74 Å². The topological polar surface area (TPSA) is 79.8 Å². The first-order valence-electron chi connectivity index (χ1n) is 6.50. The molecule has 0 aliphatic carbocycles. The smallest absolute Gasteiger partial charge is 0.411 e. The maximum absolute atomic E-state index is 11.0. The van der Waals surface area contributed by atoms with Crippen LogP contribution in [0.5, 0.6) is 5.75 Å². The number of benzene rings is 1. The lowest BCUT2D eigenvalue weighted by molar-refractivity contribution is 0.104. The van der Waals surface area contributed by atoms with E-state index in [2.05, 4.69) is 15.4 Å². The number of aliphatic hydroxyl groups is 1. The van der Waals surface area contributed by atoms with Crippen molar-refractivity contribution in [3.63, 3.8) is 0 Å². The molecule has 0 radical (unpaired) electrons. The number of anilines is 1. The van der Waals surface area contributed by atoms with E-state index in [1.54, 1.807) is 24.3 Å². The van der Waals surface area contributed by atoms with E-state index in [-0.39, 0.29) is 6.61 Å². The zero-order chi connectivity index (χ0) is 15.0. The number of rotatable bonds is 7. The fraction of sp³-hybridized carbons (Fsp3) is 0.500. The van der Waals surface area contributed by atoms with Gasteiger partial charge in [-0.3, -0.25) is 5.32 Å². The maximum Gasteiger partial charge on any atom is 0.411 e. The molecule has 3 N–H and O–H groups in total. The first-order valence-corrected chi connectivity index (χ1v) is 6.50. The van der Waals surface area contributed by atoms with Gasteiger partial charge in [0.25, 0.3) is 0 Å². The Bertz CT molecular complexity index is 406. The lowest BCUT2D eigenvalue weighted by atomic mass is 10.3. The molecule has 20 heavy (non-hydrogen) atoms. The molecule has 0 spiro atoms. The van der Waals surface area contributed by atoms with Crippen molar-refractivity contribution in [1.29, 1.82) is 0 Å². The fourth-order valence-corrected chi connectivity index (χ4v) is 1.43. The molecule has 0 aliphatic heterocycles. The Morgan fingerprint density at radius 3 is 2.50 bits per heavy atom. The summed E-state index contributed by atoms with van der Waals surface area (Å²) in [5, 5.41) is 15.4. The highest BCUT2D eigenvalue weighted by molar-refractivity contribution is 5.84. The lowest BCUT2D eigenvalue weighted by Crippen LogP contribution is -2.35. The van der Waals surface area contributed by atoms with Crippen molar-refractivity contribution in [3.05, 3.63) is 24.3 Å². The van der Waals surface area contributed by atoms with Crippen molar-refractivity contribution in [2.24, 2.45) is 0 Å². The van der Waals surface area contributed by atoms with Crippen LogP contribution in [0.4, 0.5) is 10.5 Å². The van der Waals surface area contributed by atoms with Crippen molar-refractivity contribution in [2.75, 3.05) is 25.6 Å². The van der Waals surface area contributed by atoms with E-state index in [9.17, 15) is 9.90 Å². The van der Waals surface area contributed by atoms with Gasteiger partial charge in [-0.1, -0.05) is 13.8 Å². The van der Waals surface area contributed by atoms with Crippen LogP contribution in [0.25, 0.3) is 0 Å². The molecule has 1 aromatic carbocycles. The second kappa shape index (κ2) is 8.39. The van der Waals surface area contributed by atoms with Gasteiger partial charge in [0, 0.05) is 18.3 Å². The molecule has 1 aromatic rings. The molecule has 112 valence electrons. The predicted molar refractivity (Wildman–Crippen MR) is 77.1 cm³/mol. The van der Waals surface area contributed by atoms with E-state index >= 15 is 0 Å². The molecule has 0 bridgehead atoms. The van der Waals surface area contributed by atoms with Gasteiger partial charge in [-0.2, -0.15) is 0 Å². The highest BCUT2D eigenvalue weighted by atomic mass is 16.5. The third kappa shape index (κ3) is 6.40. The number of hydrogen-bond donors (Lipinski definition) is 3. The standard InChI is InChI=1S/C14H22N2O4/c1-10(2)15-8-12(17)9-20-13-6-4-11(5-7-13)16-14(18)19-3/h4-7,10,12,15,17H,8-9H2,1-3H3,(H,16,18). The summed E-state index contributed by atoms with van der Waals surface area (Å²) in [5.41, 5.74) is 0.617. The Kier molecular flexibility index (Phi) is 6.83. The Morgan fingerprint density at radius 2 is 1.95 bits per heavy atom. The average Bonchev–Trinajstić information content (AvgIpc) is 2.44. The van der Waals surface area contributed by atoms with Crippen LogP contribution in [0.15, 0.2) is 24.3 Å². The number of ether oxygens (including phenoxy) is 2. The minimum atomic E-state index is -0.565. The average molecular weight is 282 g/mol. The van der Waals surface area contributed by atoms with Crippen LogP contribution in [0, 0.1) is 0 Å². The van der Waals surface area contributed by atoms with Crippen molar-refractivity contribution < 1.29 is 19.4 Å². The van der Waals surface area contributed by atoms with E-state index in [0.29, 0.717) is 24.0 Å². The highest BCUT2D eigenvalue weighted by Crippen LogP contribution is 2.15. The lowest BCUT2D eigenvalue weighted by Gasteiger charge is -2.15. The predicted octanol–water partition coefficient (Wildman–Crippen LogP) is 1.60. The van der Waals surface area contributed by atoms with E-state index in [0.717, 1.165) is 0 Å². The van der Waals surface area contributed by atoms with Gasteiger partial charge < -0.3 is 19.9 Å². The minimum absolute atomic E-state index is 0.212. The maximum atomic E-state index is 11.0. The minimum Gasteiger partial charge on any atom is -0.491 e. The first kappa shape index (κ1) is 16.3. The van der Waals surface area contributed by atoms with Crippen LogP contribution in [-0.4, -0.2) is 43.6 Å². The van der Waals surface area contributed by atoms with Gasteiger partial charge in [0.15, 0.2) is 0 Å². The second-order valence-electron chi connectivity index (χ2n) is 4.67. The number of carbonyl (C=O) groups is 1. The van der Waals surface area contributed by atoms with Gasteiger partial charge in [-0.05, 0) is 24.3 Å². The van der Waals surface area contributed by atoms with Gasteiger partial charge >= 0.3 is 6.09 Å². The van der Waals surface area contributed by atoms with E-state index < -0.39 is 12.2 Å². The molecule has 0 saturated heterocycles. The van der Waals surface area contributed by atoms with Gasteiger partial charge in [-0.25, -0.2) is 4.79 Å². The normalized spacial score (nSPS) is 12.1. The molecular weight excluding hydrogens is 260 g/mol. The Labute approximate surface area is 119 Å². The fourth-order valence-electron chi connectivity index (χ4n) is 1.43. The van der Waals surface area contributed by atoms with Crippen LogP contribution in [0.3, 0.4) is 0 Å². The molecule has 0 fully saturated rings. The summed E-state index contributed by atoms with van der Waals surface area (Å²) in [6, 6.07) is 7.16. The van der Waals surface area contributed by atoms with Gasteiger partial charge in [0.2, 0.25) is 0 Å². The quantitative estimate of drug-likeness (QED) is 0.708. The Balaban J connectivity index is 2.36.